The monoisotopic (exact) mass is 400 g/mol. The summed E-state index contributed by atoms with van der Waals surface area (Å²) < 4.78 is 1.10. The van der Waals surface area contributed by atoms with Gasteiger partial charge in [-0.15, -0.1) is 0 Å². The number of amides is 1. The summed E-state index contributed by atoms with van der Waals surface area (Å²) in [5, 5.41) is 7.86. The number of β-lactam (4-membered cyclic amide) rings is 1. The Labute approximate surface area is 159 Å². The van der Waals surface area contributed by atoms with Crippen molar-refractivity contribution in [1.82, 2.24) is 14.8 Å². The minimum Gasteiger partial charge on any atom is -0.283 e. The van der Waals surface area contributed by atoms with E-state index in [2.05, 4.69) is 5.10 Å². The fourth-order valence-electron chi connectivity index (χ4n) is 2.62. The molecule has 1 aliphatic heterocycles. The number of anilines is 1. The molecule has 3 rings (SSSR count). The van der Waals surface area contributed by atoms with E-state index < -0.39 is 11.0 Å². The number of aromatic nitrogens is 2. The zero-order valence-electron chi connectivity index (χ0n) is 13.8. The first-order valence-corrected chi connectivity index (χ1v) is 8.56. The van der Waals surface area contributed by atoms with Gasteiger partial charge in [0.1, 0.15) is 10.7 Å². The van der Waals surface area contributed by atoms with E-state index in [4.69, 9.17) is 34.8 Å². The van der Waals surface area contributed by atoms with Crippen molar-refractivity contribution in [3.63, 3.8) is 0 Å². The highest BCUT2D eigenvalue weighted by molar-refractivity contribution is 6.36. The van der Waals surface area contributed by atoms with Gasteiger partial charge in [0.05, 0.1) is 28.9 Å². The van der Waals surface area contributed by atoms with Crippen LogP contribution in [-0.2, 0) is 4.79 Å². The second kappa shape index (κ2) is 6.20. The van der Waals surface area contributed by atoms with Gasteiger partial charge >= 0.3 is 0 Å². The summed E-state index contributed by atoms with van der Waals surface area (Å²) in [4.78, 5) is 24.8. The summed E-state index contributed by atoms with van der Waals surface area (Å²) >= 11 is 18.3. The van der Waals surface area contributed by atoms with Crippen molar-refractivity contribution in [3.8, 4) is 5.69 Å². The Bertz CT molecular complexity index is 926. The number of rotatable bonds is 3. The Kier molecular flexibility index (Phi) is 4.47. The number of hydrogen-bond acceptors (Lipinski definition) is 4. The maximum atomic E-state index is 12.6. The molecule has 2 aromatic rings. The third-order valence-electron chi connectivity index (χ3n) is 4.11. The summed E-state index contributed by atoms with van der Waals surface area (Å²) in [6, 6.07) is 4.70. The van der Waals surface area contributed by atoms with Gasteiger partial charge in [-0.05, 0) is 32.0 Å². The molecular formula is C16H15Cl3N4O2. The Balaban J connectivity index is 1.99. The molecular weight excluding hydrogens is 387 g/mol. The molecule has 1 fully saturated rings. The van der Waals surface area contributed by atoms with Crippen LogP contribution in [0, 0.1) is 5.41 Å². The second-order valence-electron chi connectivity index (χ2n) is 6.43. The Morgan fingerprint density at radius 3 is 2.44 bits per heavy atom. The first kappa shape index (κ1) is 18.0. The van der Waals surface area contributed by atoms with E-state index in [1.54, 1.807) is 19.2 Å². The number of hydrazine groups is 1. The Hall–Kier alpha value is -1.76. The largest absolute Gasteiger partial charge is 0.292 e. The summed E-state index contributed by atoms with van der Waals surface area (Å²) in [5.74, 6) is -0.0454. The molecule has 2 heterocycles. The summed E-state index contributed by atoms with van der Waals surface area (Å²) in [5.41, 5.74) is -0.243. The van der Waals surface area contributed by atoms with Crippen LogP contribution in [0.4, 0.5) is 5.69 Å². The van der Waals surface area contributed by atoms with Crippen molar-refractivity contribution in [2.45, 2.75) is 13.8 Å². The van der Waals surface area contributed by atoms with Crippen LogP contribution in [-0.4, -0.2) is 34.3 Å². The minimum absolute atomic E-state index is 0.0454. The van der Waals surface area contributed by atoms with Gasteiger partial charge in [-0.2, -0.15) is 9.78 Å². The number of hydrogen-bond donors (Lipinski definition) is 0. The number of nitrogens with zero attached hydrogens (tertiary/aromatic N) is 4. The van der Waals surface area contributed by atoms with Crippen LogP contribution >= 0.6 is 34.8 Å². The summed E-state index contributed by atoms with van der Waals surface area (Å²) in [6.45, 7) is 4.25. The molecule has 1 aromatic carbocycles. The molecule has 0 unspecified atom stereocenters. The van der Waals surface area contributed by atoms with E-state index in [0.29, 0.717) is 22.9 Å². The smallest absolute Gasteiger partial charge is 0.283 e. The van der Waals surface area contributed by atoms with Gasteiger partial charge in [0.25, 0.3) is 5.56 Å². The maximum absolute atomic E-state index is 12.6. The Morgan fingerprint density at radius 2 is 1.88 bits per heavy atom. The average Bonchev–Trinajstić information content (AvgIpc) is 2.55. The van der Waals surface area contributed by atoms with Crippen LogP contribution in [0.15, 0.2) is 29.2 Å². The predicted molar refractivity (Wildman–Crippen MR) is 98.8 cm³/mol. The minimum atomic E-state index is -0.539. The highest BCUT2D eigenvalue weighted by Crippen LogP contribution is 2.34. The normalized spacial score (nSPS) is 15.9. The molecule has 0 spiro atoms. The highest BCUT2D eigenvalue weighted by Gasteiger charge is 2.46. The predicted octanol–water partition coefficient (Wildman–Crippen LogP) is 3.41. The molecule has 0 N–H and O–H groups in total. The molecule has 1 aromatic heterocycles. The molecule has 0 aliphatic carbocycles. The zero-order valence-corrected chi connectivity index (χ0v) is 16.0. The van der Waals surface area contributed by atoms with Gasteiger partial charge in [-0.1, -0.05) is 34.8 Å². The lowest BCUT2D eigenvalue weighted by atomic mass is 9.84. The molecule has 6 nitrogen and oxygen atoms in total. The topological polar surface area (TPSA) is 58.4 Å². The van der Waals surface area contributed by atoms with E-state index in [9.17, 15) is 9.59 Å². The average molecular weight is 402 g/mol. The molecule has 0 radical (unpaired) electrons. The molecule has 1 amide bonds. The van der Waals surface area contributed by atoms with E-state index in [0.717, 1.165) is 4.68 Å². The summed E-state index contributed by atoms with van der Waals surface area (Å²) in [6.07, 6.45) is 1.42. The lowest BCUT2D eigenvalue weighted by Crippen LogP contribution is -2.64. The van der Waals surface area contributed by atoms with Crippen molar-refractivity contribution in [1.29, 1.82) is 0 Å². The Morgan fingerprint density at radius 1 is 1.20 bits per heavy atom. The van der Waals surface area contributed by atoms with Gasteiger partial charge < -0.3 is 0 Å². The molecule has 1 aliphatic rings. The van der Waals surface area contributed by atoms with Crippen molar-refractivity contribution >= 4 is 46.4 Å². The van der Waals surface area contributed by atoms with Crippen LogP contribution in [0.3, 0.4) is 0 Å². The first-order valence-electron chi connectivity index (χ1n) is 7.42. The van der Waals surface area contributed by atoms with Gasteiger partial charge in [0, 0.05) is 12.1 Å². The van der Waals surface area contributed by atoms with Crippen molar-refractivity contribution in [2.75, 3.05) is 18.6 Å². The van der Waals surface area contributed by atoms with Crippen LogP contribution < -0.4 is 10.6 Å². The number of carbonyl (C=O) groups is 1. The third kappa shape index (κ3) is 2.99. The molecule has 0 atom stereocenters. The number of carbonyl (C=O) groups excluding carboxylic acids is 1. The third-order valence-corrected chi connectivity index (χ3v) is 5.00. The number of halogens is 3. The second-order valence-corrected chi connectivity index (χ2v) is 7.65. The quantitative estimate of drug-likeness (QED) is 0.740. The SMILES string of the molecule is CN(c1cnn(-c2ccc(Cl)cc2Cl)c(=O)c1Cl)N1CC(C)(C)C1=O. The van der Waals surface area contributed by atoms with Crippen LogP contribution in [0.25, 0.3) is 5.69 Å². The van der Waals surface area contributed by atoms with E-state index >= 15 is 0 Å². The molecule has 132 valence electrons. The van der Waals surface area contributed by atoms with Gasteiger partial charge in [-0.3, -0.25) is 19.6 Å². The lowest BCUT2D eigenvalue weighted by Gasteiger charge is -2.49. The number of benzene rings is 1. The summed E-state index contributed by atoms with van der Waals surface area (Å²) in [7, 11) is 1.66. The molecule has 0 saturated carbocycles. The van der Waals surface area contributed by atoms with Crippen molar-refractivity contribution in [2.24, 2.45) is 5.41 Å². The molecule has 1 saturated heterocycles. The van der Waals surface area contributed by atoms with Crippen LogP contribution in [0.2, 0.25) is 15.1 Å². The molecule has 9 heteroatoms. The molecule has 25 heavy (non-hydrogen) atoms. The van der Waals surface area contributed by atoms with E-state index in [-0.39, 0.29) is 16.0 Å². The zero-order chi connectivity index (χ0) is 18.5. The van der Waals surface area contributed by atoms with Crippen molar-refractivity contribution < 1.29 is 4.79 Å². The van der Waals surface area contributed by atoms with Crippen LogP contribution in [0.5, 0.6) is 0 Å². The lowest BCUT2D eigenvalue weighted by molar-refractivity contribution is -0.157. The maximum Gasteiger partial charge on any atom is 0.292 e. The van der Waals surface area contributed by atoms with Gasteiger partial charge in [0.15, 0.2) is 0 Å². The van der Waals surface area contributed by atoms with Crippen LogP contribution in [0.1, 0.15) is 13.8 Å². The first-order chi connectivity index (χ1) is 11.6. The van der Waals surface area contributed by atoms with Gasteiger partial charge in [0.2, 0.25) is 5.91 Å². The molecule has 0 bridgehead atoms. The van der Waals surface area contributed by atoms with Gasteiger partial charge in [-0.25, -0.2) is 0 Å². The fourth-order valence-corrected chi connectivity index (χ4v) is 3.36. The fraction of sp³-hybridized carbons (Fsp3) is 0.312. The standard InChI is InChI=1S/C16H15Cl3N4O2/c1-16(2)8-22(15(16)25)21(3)12-7-20-23(14(24)13(12)19)11-5-4-9(17)6-10(11)18/h4-7H,8H2,1-3H3. The van der Waals surface area contributed by atoms with E-state index in [1.807, 2.05) is 13.8 Å². The van der Waals surface area contributed by atoms with Crippen molar-refractivity contribution in [3.05, 3.63) is 49.8 Å². The highest BCUT2D eigenvalue weighted by atomic mass is 35.5. The van der Waals surface area contributed by atoms with E-state index in [1.165, 1.54) is 22.3 Å².